The van der Waals surface area contributed by atoms with Crippen LogP contribution in [0.15, 0.2) is 36.7 Å². The maximum atomic E-state index is 12.5. The van der Waals surface area contributed by atoms with Gasteiger partial charge >= 0.3 is 0 Å². The van der Waals surface area contributed by atoms with E-state index in [0.29, 0.717) is 10.7 Å². The van der Waals surface area contributed by atoms with Crippen molar-refractivity contribution in [3.8, 4) is 5.75 Å². The van der Waals surface area contributed by atoms with Crippen molar-refractivity contribution in [2.45, 2.75) is 0 Å². The first-order valence-electron chi connectivity index (χ1n) is 6.36. The highest BCUT2D eigenvalue weighted by Crippen LogP contribution is 2.34. The van der Waals surface area contributed by atoms with Crippen LogP contribution >= 0.6 is 23.2 Å². The summed E-state index contributed by atoms with van der Waals surface area (Å²) in [5, 5.41) is 3.36. The molecule has 1 amide bonds. The van der Waals surface area contributed by atoms with Gasteiger partial charge in [0, 0.05) is 5.69 Å². The number of H-pyrrole nitrogens is 1. The second kappa shape index (κ2) is 5.87. The first-order chi connectivity index (χ1) is 10.6. The number of ether oxygens (including phenoxy) is 1. The number of halogens is 2. The summed E-state index contributed by atoms with van der Waals surface area (Å²) in [5.41, 5.74) is 2.44. The van der Waals surface area contributed by atoms with Crippen LogP contribution in [0.4, 0.5) is 5.69 Å². The summed E-state index contributed by atoms with van der Waals surface area (Å²) in [5.74, 6) is -0.155. The number of carbonyl (C=O) groups is 1. The molecule has 7 heteroatoms. The number of methoxy groups -OCH3 is 1. The predicted octanol–water partition coefficient (Wildman–Crippen LogP) is 4.13. The number of imidazole rings is 1. The van der Waals surface area contributed by atoms with Crippen LogP contribution in [0.5, 0.6) is 5.75 Å². The van der Waals surface area contributed by atoms with Crippen LogP contribution in [0, 0.1) is 0 Å². The third-order valence-corrected chi connectivity index (χ3v) is 3.78. The summed E-state index contributed by atoms with van der Waals surface area (Å²) >= 11 is 12.1. The fourth-order valence-corrected chi connectivity index (χ4v) is 2.62. The largest absolute Gasteiger partial charge is 0.494 e. The maximum Gasteiger partial charge on any atom is 0.261 e. The molecule has 1 aromatic heterocycles. The number of aromatic nitrogens is 2. The summed E-state index contributed by atoms with van der Waals surface area (Å²) in [4.78, 5) is 19.6. The molecule has 3 rings (SSSR count). The van der Waals surface area contributed by atoms with E-state index >= 15 is 0 Å². The molecular formula is C15H11Cl2N3O2. The molecule has 0 radical (unpaired) electrons. The summed E-state index contributed by atoms with van der Waals surface area (Å²) in [7, 11) is 1.44. The number of rotatable bonds is 3. The number of hydrogen-bond donors (Lipinski definition) is 2. The van der Waals surface area contributed by atoms with Gasteiger partial charge in [-0.3, -0.25) is 4.79 Å². The molecule has 0 saturated carbocycles. The molecule has 0 aliphatic rings. The van der Waals surface area contributed by atoms with Crippen LogP contribution in [0.2, 0.25) is 10.0 Å². The van der Waals surface area contributed by atoms with E-state index in [4.69, 9.17) is 27.9 Å². The molecule has 5 nitrogen and oxygen atoms in total. The van der Waals surface area contributed by atoms with Gasteiger partial charge in [0.05, 0.1) is 34.5 Å². The third kappa shape index (κ3) is 2.61. The van der Waals surface area contributed by atoms with E-state index in [1.165, 1.54) is 7.11 Å². The lowest BCUT2D eigenvalue weighted by Crippen LogP contribution is -2.14. The van der Waals surface area contributed by atoms with Crippen molar-refractivity contribution >= 4 is 45.8 Å². The van der Waals surface area contributed by atoms with Crippen molar-refractivity contribution in [2.75, 3.05) is 12.4 Å². The van der Waals surface area contributed by atoms with Crippen molar-refractivity contribution in [1.29, 1.82) is 0 Å². The number of carbonyl (C=O) groups excluding carboxylic acids is 1. The number of aromatic amines is 1. The molecule has 112 valence electrons. The lowest BCUT2D eigenvalue weighted by molar-refractivity contribution is 0.102. The van der Waals surface area contributed by atoms with Gasteiger partial charge in [0.15, 0.2) is 5.75 Å². The number of fused-ring (bicyclic) bond motifs is 1. The fraction of sp³-hybridized carbons (Fsp3) is 0.0667. The van der Waals surface area contributed by atoms with Crippen LogP contribution in [-0.4, -0.2) is 23.0 Å². The van der Waals surface area contributed by atoms with Gasteiger partial charge in [0.2, 0.25) is 0 Å². The van der Waals surface area contributed by atoms with E-state index in [0.717, 1.165) is 11.0 Å². The Kier molecular flexibility index (Phi) is 3.92. The second-order valence-electron chi connectivity index (χ2n) is 4.53. The maximum absolute atomic E-state index is 12.5. The lowest BCUT2D eigenvalue weighted by Gasteiger charge is -2.12. The minimum absolute atomic E-state index is 0.196. The van der Waals surface area contributed by atoms with Crippen molar-refractivity contribution in [3.05, 3.63) is 52.3 Å². The molecule has 2 N–H and O–H groups in total. The summed E-state index contributed by atoms with van der Waals surface area (Å²) in [6, 6.07) is 8.48. The van der Waals surface area contributed by atoms with Gasteiger partial charge in [-0.1, -0.05) is 23.2 Å². The monoisotopic (exact) mass is 335 g/mol. The normalized spacial score (nSPS) is 10.7. The van der Waals surface area contributed by atoms with Crippen LogP contribution in [0.1, 0.15) is 10.4 Å². The SMILES string of the molecule is COc1c(Cl)ccc(Cl)c1C(=O)Nc1ccc2nc[nH]c2c1. The first kappa shape index (κ1) is 14.7. The zero-order chi connectivity index (χ0) is 15.7. The van der Waals surface area contributed by atoms with Crippen LogP contribution in [0.25, 0.3) is 11.0 Å². The molecular weight excluding hydrogens is 325 g/mol. The molecule has 0 saturated heterocycles. The quantitative estimate of drug-likeness (QED) is 0.756. The lowest BCUT2D eigenvalue weighted by atomic mass is 10.1. The van der Waals surface area contributed by atoms with E-state index in [9.17, 15) is 4.79 Å². The Bertz CT molecular complexity index is 861. The second-order valence-corrected chi connectivity index (χ2v) is 5.34. The highest BCUT2D eigenvalue weighted by molar-refractivity contribution is 6.37. The summed E-state index contributed by atoms with van der Waals surface area (Å²) < 4.78 is 5.18. The standard InChI is InChI=1S/C15H11Cl2N3O2/c1-22-14-10(17)4-3-9(16)13(14)15(21)20-8-2-5-11-12(6-8)19-7-18-11/h2-7H,1H3,(H,18,19)(H,20,21). The van der Waals surface area contributed by atoms with E-state index in [-0.39, 0.29) is 16.3 Å². The van der Waals surface area contributed by atoms with Crippen LogP contribution < -0.4 is 10.1 Å². The molecule has 0 spiro atoms. The summed E-state index contributed by atoms with van der Waals surface area (Å²) in [6.45, 7) is 0. The van der Waals surface area contributed by atoms with Crippen molar-refractivity contribution in [2.24, 2.45) is 0 Å². The highest BCUT2D eigenvalue weighted by Gasteiger charge is 2.19. The van der Waals surface area contributed by atoms with Crippen molar-refractivity contribution in [1.82, 2.24) is 9.97 Å². The zero-order valence-electron chi connectivity index (χ0n) is 11.5. The molecule has 0 unspecified atom stereocenters. The number of benzene rings is 2. The van der Waals surface area contributed by atoms with Crippen LogP contribution in [-0.2, 0) is 0 Å². The average Bonchev–Trinajstić information content (AvgIpc) is 2.96. The highest BCUT2D eigenvalue weighted by atomic mass is 35.5. The average molecular weight is 336 g/mol. The Balaban J connectivity index is 1.96. The molecule has 0 atom stereocenters. The van der Waals surface area contributed by atoms with E-state index in [2.05, 4.69) is 15.3 Å². The Morgan fingerprint density at radius 2 is 2.00 bits per heavy atom. The molecule has 22 heavy (non-hydrogen) atoms. The number of hydrogen-bond acceptors (Lipinski definition) is 3. The van der Waals surface area contributed by atoms with Gasteiger partial charge in [-0.25, -0.2) is 4.98 Å². The Morgan fingerprint density at radius 1 is 1.23 bits per heavy atom. The van der Waals surface area contributed by atoms with E-state index in [1.807, 2.05) is 0 Å². The Hall–Kier alpha value is -2.24. The molecule has 2 aromatic carbocycles. The molecule has 3 aromatic rings. The van der Waals surface area contributed by atoms with Crippen molar-refractivity contribution in [3.63, 3.8) is 0 Å². The Labute approximate surface area is 136 Å². The molecule has 1 heterocycles. The first-order valence-corrected chi connectivity index (χ1v) is 7.12. The van der Waals surface area contributed by atoms with Gasteiger partial charge in [-0.15, -0.1) is 0 Å². The number of nitrogens with one attached hydrogen (secondary N) is 2. The van der Waals surface area contributed by atoms with E-state index < -0.39 is 5.91 Å². The fourth-order valence-electron chi connectivity index (χ4n) is 2.15. The number of nitrogens with zero attached hydrogens (tertiary/aromatic N) is 1. The van der Waals surface area contributed by atoms with Gasteiger partial charge in [-0.2, -0.15) is 0 Å². The van der Waals surface area contributed by atoms with Gasteiger partial charge in [-0.05, 0) is 30.3 Å². The van der Waals surface area contributed by atoms with Gasteiger partial charge < -0.3 is 15.0 Å². The molecule has 0 fully saturated rings. The van der Waals surface area contributed by atoms with Crippen LogP contribution in [0.3, 0.4) is 0 Å². The number of amides is 1. The zero-order valence-corrected chi connectivity index (χ0v) is 13.0. The van der Waals surface area contributed by atoms with Gasteiger partial charge in [0.1, 0.15) is 5.56 Å². The predicted molar refractivity (Wildman–Crippen MR) is 87.1 cm³/mol. The minimum atomic E-state index is -0.400. The summed E-state index contributed by atoms with van der Waals surface area (Å²) in [6.07, 6.45) is 1.59. The third-order valence-electron chi connectivity index (χ3n) is 3.17. The molecule has 0 aliphatic carbocycles. The Morgan fingerprint density at radius 3 is 2.77 bits per heavy atom. The molecule has 0 bridgehead atoms. The van der Waals surface area contributed by atoms with E-state index in [1.54, 1.807) is 36.7 Å². The minimum Gasteiger partial charge on any atom is -0.494 e. The topological polar surface area (TPSA) is 67.0 Å². The van der Waals surface area contributed by atoms with Gasteiger partial charge in [0.25, 0.3) is 5.91 Å². The smallest absolute Gasteiger partial charge is 0.261 e. The number of anilines is 1. The molecule has 0 aliphatic heterocycles. The van der Waals surface area contributed by atoms with Crippen molar-refractivity contribution < 1.29 is 9.53 Å².